The van der Waals surface area contributed by atoms with Crippen molar-refractivity contribution in [2.75, 3.05) is 18.6 Å². The average Bonchev–Trinajstić information content (AvgIpc) is 2.10. The molecular weight excluding hydrogens is 174 g/mol. The smallest absolute Gasteiger partial charge is 0.220 e. The third-order valence-corrected chi connectivity index (χ3v) is 2.15. The van der Waals surface area contributed by atoms with Crippen LogP contribution in [0.5, 0.6) is 0 Å². The van der Waals surface area contributed by atoms with E-state index in [1.165, 1.54) is 0 Å². The van der Waals surface area contributed by atoms with Crippen molar-refractivity contribution < 1.29 is 9.90 Å². The fourth-order valence-electron chi connectivity index (χ4n) is 0.659. The largest absolute Gasteiger partial charge is 0.391 e. The maximum Gasteiger partial charge on any atom is 0.220 e. The van der Waals surface area contributed by atoms with Crippen LogP contribution in [0.15, 0.2) is 0 Å². The summed E-state index contributed by atoms with van der Waals surface area (Å²) in [5, 5.41) is 11.8. The van der Waals surface area contributed by atoms with Gasteiger partial charge in [0.2, 0.25) is 5.91 Å². The van der Waals surface area contributed by atoms with Gasteiger partial charge in [-0.3, -0.25) is 4.79 Å². The molecule has 0 aliphatic rings. The summed E-state index contributed by atoms with van der Waals surface area (Å²) in [6.45, 7) is 2.27. The maximum atomic E-state index is 11.0. The van der Waals surface area contributed by atoms with Gasteiger partial charge in [-0.1, -0.05) is 6.92 Å². The first kappa shape index (κ1) is 11.8. The van der Waals surface area contributed by atoms with Crippen LogP contribution in [0, 0.1) is 0 Å². The molecule has 4 heteroatoms. The number of nitrogens with one attached hydrogen (secondary N) is 1. The van der Waals surface area contributed by atoms with Gasteiger partial charge in [0.05, 0.1) is 6.10 Å². The Morgan fingerprint density at radius 1 is 1.67 bits per heavy atom. The molecule has 1 atom stereocenters. The maximum absolute atomic E-state index is 11.0. The number of rotatable bonds is 6. The minimum absolute atomic E-state index is 0.0249. The quantitative estimate of drug-likeness (QED) is 0.647. The predicted molar refractivity (Wildman–Crippen MR) is 52.3 cm³/mol. The van der Waals surface area contributed by atoms with Crippen LogP contribution in [0.1, 0.15) is 19.8 Å². The van der Waals surface area contributed by atoms with Crippen LogP contribution in [-0.4, -0.2) is 35.7 Å². The molecule has 3 nitrogen and oxygen atoms in total. The number of carbonyl (C=O) groups excluding carboxylic acids is 1. The normalized spacial score (nSPS) is 12.6. The van der Waals surface area contributed by atoms with Gasteiger partial charge in [-0.25, -0.2) is 0 Å². The van der Waals surface area contributed by atoms with Gasteiger partial charge in [0.25, 0.3) is 0 Å². The molecule has 0 rings (SSSR count). The molecule has 0 aromatic rings. The van der Waals surface area contributed by atoms with Crippen LogP contribution in [0.25, 0.3) is 0 Å². The van der Waals surface area contributed by atoms with Crippen LogP contribution in [0.2, 0.25) is 0 Å². The van der Waals surface area contributed by atoms with E-state index < -0.39 is 6.10 Å². The van der Waals surface area contributed by atoms with Crippen molar-refractivity contribution in [2.45, 2.75) is 25.9 Å². The van der Waals surface area contributed by atoms with Crippen LogP contribution < -0.4 is 5.32 Å². The molecule has 72 valence electrons. The minimum Gasteiger partial charge on any atom is -0.391 e. The van der Waals surface area contributed by atoms with Crippen molar-refractivity contribution >= 4 is 17.7 Å². The highest BCUT2D eigenvalue weighted by Gasteiger charge is 2.03. The Balaban J connectivity index is 3.31. The summed E-state index contributed by atoms with van der Waals surface area (Å²) in [5.41, 5.74) is 0. The summed E-state index contributed by atoms with van der Waals surface area (Å²) in [5.74, 6) is 0.866. The Morgan fingerprint density at radius 3 is 2.83 bits per heavy atom. The Morgan fingerprint density at radius 2 is 2.33 bits per heavy atom. The summed E-state index contributed by atoms with van der Waals surface area (Å²) in [4.78, 5) is 11.0. The molecule has 1 unspecified atom stereocenters. The zero-order chi connectivity index (χ0) is 9.40. The van der Waals surface area contributed by atoms with E-state index in [-0.39, 0.29) is 5.91 Å². The molecule has 0 heterocycles. The van der Waals surface area contributed by atoms with Gasteiger partial charge < -0.3 is 10.4 Å². The summed E-state index contributed by atoms with van der Waals surface area (Å²) in [7, 11) is 0. The van der Waals surface area contributed by atoms with E-state index >= 15 is 0 Å². The first-order valence-corrected chi connectivity index (χ1v) is 5.53. The number of carbonyl (C=O) groups is 1. The van der Waals surface area contributed by atoms with Gasteiger partial charge in [0.1, 0.15) is 0 Å². The molecular formula is C8H17NO2S. The molecule has 2 N–H and O–H groups in total. The summed E-state index contributed by atoms with van der Waals surface area (Å²) < 4.78 is 0. The van der Waals surface area contributed by atoms with Crippen molar-refractivity contribution in [1.82, 2.24) is 5.32 Å². The highest BCUT2D eigenvalue weighted by molar-refractivity contribution is 7.98. The number of thioether (sulfide) groups is 1. The third-order valence-electron chi connectivity index (χ3n) is 1.54. The van der Waals surface area contributed by atoms with Crippen molar-refractivity contribution in [3.8, 4) is 0 Å². The second kappa shape index (κ2) is 7.43. The third kappa shape index (κ3) is 6.49. The lowest BCUT2D eigenvalue weighted by atomic mass is 10.3. The summed E-state index contributed by atoms with van der Waals surface area (Å²) in [6.07, 6.45) is 2.79. The molecule has 0 aliphatic heterocycles. The van der Waals surface area contributed by atoms with Crippen LogP contribution in [0.3, 0.4) is 0 Å². The highest BCUT2D eigenvalue weighted by Crippen LogP contribution is 1.95. The molecule has 0 aromatic heterocycles. The molecule has 0 spiro atoms. The second-order valence-corrected chi connectivity index (χ2v) is 3.59. The second-order valence-electron chi connectivity index (χ2n) is 2.61. The lowest BCUT2D eigenvalue weighted by Crippen LogP contribution is -2.31. The van der Waals surface area contributed by atoms with Crippen molar-refractivity contribution in [2.24, 2.45) is 0 Å². The van der Waals surface area contributed by atoms with Gasteiger partial charge in [0.15, 0.2) is 0 Å². The molecule has 0 fully saturated rings. The molecule has 12 heavy (non-hydrogen) atoms. The summed E-state index contributed by atoms with van der Waals surface area (Å²) in [6, 6.07) is 0. The van der Waals surface area contributed by atoms with Crippen LogP contribution >= 0.6 is 11.8 Å². The molecule has 1 amide bonds. The highest BCUT2D eigenvalue weighted by atomic mass is 32.2. The fraction of sp³-hybridized carbons (Fsp3) is 0.875. The molecule has 0 saturated carbocycles. The lowest BCUT2D eigenvalue weighted by molar-refractivity contribution is -0.121. The number of amides is 1. The van der Waals surface area contributed by atoms with E-state index in [1.807, 2.05) is 13.2 Å². The zero-order valence-electron chi connectivity index (χ0n) is 7.67. The van der Waals surface area contributed by atoms with Crippen molar-refractivity contribution in [3.05, 3.63) is 0 Å². The Bertz CT molecular complexity index is 130. The SMILES string of the molecule is CCC(O)CNC(=O)CCSC. The molecule has 0 saturated heterocycles. The van der Waals surface area contributed by atoms with E-state index in [1.54, 1.807) is 11.8 Å². The number of hydrogen-bond acceptors (Lipinski definition) is 3. The summed E-state index contributed by atoms with van der Waals surface area (Å²) >= 11 is 1.65. The minimum atomic E-state index is -0.400. The van der Waals surface area contributed by atoms with E-state index in [4.69, 9.17) is 5.11 Å². The standard InChI is InChI=1S/C8H17NO2S/c1-3-7(10)6-9-8(11)4-5-12-2/h7,10H,3-6H2,1-2H3,(H,9,11). The first-order valence-electron chi connectivity index (χ1n) is 4.14. The predicted octanol–water partition coefficient (Wildman–Crippen LogP) is 0.627. The van der Waals surface area contributed by atoms with Gasteiger partial charge in [-0.2, -0.15) is 11.8 Å². The Labute approximate surface area is 77.9 Å². The molecule has 0 radical (unpaired) electrons. The average molecular weight is 191 g/mol. The van der Waals surface area contributed by atoms with Gasteiger partial charge >= 0.3 is 0 Å². The number of aliphatic hydroxyl groups is 1. The monoisotopic (exact) mass is 191 g/mol. The van der Waals surface area contributed by atoms with Crippen LogP contribution in [-0.2, 0) is 4.79 Å². The fourth-order valence-corrected chi connectivity index (χ4v) is 1.05. The van der Waals surface area contributed by atoms with E-state index in [0.29, 0.717) is 19.4 Å². The van der Waals surface area contributed by atoms with Gasteiger partial charge in [-0.05, 0) is 12.7 Å². The van der Waals surface area contributed by atoms with E-state index in [0.717, 1.165) is 5.75 Å². The molecule has 0 bridgehead atoms. The van der Waals surface area contributed by atoms with Crippen molar-refractivity contribution in [3.63, 3.8) is 0 Å². The van der Waals surface area contributed by atoms with E-state index in [9.17, 15) is 4.79 Å². The van der Waals surface area contributed by atoms with E-state index in [2.05, 4.69) is 5.32 Å². The Hall–Kier alpha value is -0.220. The number of hydrogen-bond donors (Lipinski definition) is 2. The molecule has 0 aliphatic carbocycles. The number of aliphatic hydroxyl groups excluding tert-OH is 1. The van der Waals surface area contributed by atoms with Gasteiger partial charge in [-0.15, -0.1) is 0 Å². The zero-order valence-corrected chi connectivity index (χ0v) is 8.49. The lowest BCUT2D eigenvalue weighted by Gasteiger charge is -2.08. The van der Waals surface area contributed by atoms with Gasteiger partial charge in [0, 0.05) is 18.7 Å². The topological polar surface area (TPSA) is 49.3 Å². The van der Waals surface area contributed by atoms with Crippen LogP contribution in [0.4, 0.5) is 0 Å². The first-order chi connectivity index (χ1) is 5.70. The van der Waals surface area contributed by atoms with Crippen molar-refractivity contribution in [1.29, 1.82) is 0 Å². The Kier molecular flexibility index (Phi) is 7.29. The molecule has 0 aromatic carbocycles.